The van der Waals surface area contributed by atoms with Crippen molar-refractivity contribution in [2.24, 2.45) is 5.92 Å². The second-order valence-corrected chi connectivity index (χ2v) is 3.28. The molecule has 0 saturated carbocycles. The lowest BCUT2D eigenvalue weighted by atomic mass is 9.98. The molecule has 0 spiro atoms. The van der Waals surface area contributed by atoms with Crippen molar-refractivity contribution in [3.05, 3.63) is 23.8 Å². The molecule has 0 heteroatoms. The minimum Gasteiger partial charge on any atom is -0.0879 e. The highest BCUT2D eigenvalue weighted by atomic mass is 14.2. The Bertz CT molecular complexity index is 174. The van der Waals surface area contributed by atoms with E-state index in [1.807, 2.05) is 0 Å². The van der Waals surface area contributed by atoms with E-state index in [2.05, 4.69) is 18.2 Å². The standard InChI is InChI=1S/C10H14/c1-2-6-9(5-1)10-7-3-4-8-10/h1,5,7,9H,2-4,6,8H2. The maximum atomic E-state index is 2.44. The zero-order chi connectivity index (χ0) is 6.81. The van der Waals surface area contributed by atoms with Gasteiger partial charge in [-0.2, -0.15) is 0 Å². The van der Waals surface area contributed by atoms with Gasteiger partial charge >= 0.3 is 0 Å². The van der Waals surface area contributed by atoms with E-state index in [4.69, 9.17) is 0 Å². The molecule has 0 N–H and O–H groups in total. The van der Waals surface area contributed by atoms with Crippen LogP contribution in [0.15, 0.2) is 23.8 Å². The second kappa shape index (κ2) is 2.61. The van der Waals surface area contributed by atoms with Crippen LogP contribution in [0.25, 0.3) is 0 Å². The number of allylic oxidation sites excluding steroid dienone is 4. The van der Waals surface area contributed by atoms with E-state index in [0.717, 1.165) is 5.92 Å². The van der Waals surface area contributed by atoms with Gasteiger partial charge in [-0.1, -0.05) is 23.8 Å². The summed E-state index contributed by atoms with van der Waals surface area (Å²) in [5, 5.41) is 0. The number of hydrogen-bond donors (Lipinski definition) is 0. The minimum absolute atomic E-state index is 0.836. The summed E-state index contributed by atoms with van der Waals surface area (Å²) in [7, 11) is 0. The summed E-state index contributed by atoms with van der Waals surface area (Å²) in [5.41, 5.74) is 1.72. The molecule has 10 heavy (non-hydrogen) atoms. The van der Waals surface area contributed by atoms with Gasteiger partial charge in [-0.05, 0) is 38.0 Å². The predicted octanol–water partition coefficient (Wildman–Crippen LogP) is 3.06. The molecule has 0 aromatic carbocycles. The Morgan fingerprint density at radius 1 is 1.30 bits per heavy atom. The van der Waals surface area contributed by atoms with Crippen LogP contribution in [0.5, 0.6) is 0 Å². The van der Waals surface area contributed by atoms with E-state index < -0.39 is 0 Å². The van der Waals surface area contributed by atoms with E-state index in [1.165, 1.54) is 32.1 Å². The fourth-order valence-electron chi connectivity index (χ4n) is 1.97. The van der Waals surface area contributed by atoms with Crippen LogP contribution in [0.4, 0.5) is 0 Å². The van der Waals surface area contributed by atoms with Crippen molar-refractivity contribution >= 4 is 0 Å². The van der Waals surface area contributed by atoms with Crippen molar-refractivity contribution in [2.45, 2.75) is 32.1 Å². The molecule has 0 radical (unpaired) electrons. The monoisotopic (exact) mass is 134 g/mol. The fraction of sp³-hybridized carbons (Fsp3) is 0.600. The van der Waals surface area contributed by atoms with Crippen LogP contribution < -0.4 is 0 Å². The fourth-order valence-corrected chi connectivity index (χ4v) is 1.97. The molecule has 1 unspecified atom stereocenters. The van der Waals surface area contributed by atoms with Crippen molar-refractivity contribution < 1.29 is 0 Å². The van der Waals surface area contributed by atoms with Gasteiger partial charge in [0.05, 0.1) is 0 Å². The highest BCUT2D eigenvalue weighted by Crippen LogP contribution is 2.32. The molecular formula is C10H14. The average Bonchev–Trinajstić information content (AvgIpc) is 2.59. The van der Waals surface area contributed by atoms with Gasteiger partial charge in [-0.25, -0.2) is 0 Å². The first-order chi connectivity index (χ1) is 4.97. The molecule has 2 rings (SSSR count). The minimum atomic E-state index is 0.836. The van der Waals surface area contributed by atoms with Crippen molar-refractivity contribution in [1.82, 2.24) is 0 Å². The number of rotatable bonds is 1. The summed E-state index contributed by atoms with van der Waals surface area (Å²) < 4.78 is 0. The summed E-state index contributed by atoms with van der Waals surface area (Å²) in [6.07, 6.45) is 13.9. The van der Waals surface area contributed by atoms with Gasteiger partial charge in [0.15, 0.2) is 0 Å². The Kier molecular flexibility index (Phi) is 1.62. The molecule has 2 aliphatic carbocycles. The number of hydrogen-bond acceptors (Lipinski definition) is 0. The van der Waals surface area contributed by atoms with Crippen LogP contribution in [0.2, 0.25) is 0 Å². The third-order valence-electron chi connectivity index (χ3n) is 2.57. The average molecular weight is 134 g/mol. The molecule has 0 nitrogen and oxygen atoms in total. The first-order valence-electron chi connectivity index (χ1n) is 4.32. The molecule has 0 saturated heterocycles. The molecular weight excluding hydrogens is 120 g/mol. The first kappa shape index (κ1) is 6.21. The van der Waals surface area contributed by atoms with Crippen LogP contribution in [0.1, 0.15) is 32.1 Å². The maximum absolute atomic E-state index is 2.44. The quantitative estimate of drug-likeness (QED) is 0.483. The Morgan fingerprint density at radius 2 is 2.30 bits per heavy atom. The molecule has 0 aliphatic heterocycles. The van der Waals surface area contributed by atoms with Crippen LogP contribution in [0, 0.1) is 5.92 Å². The van der Waals surface area contributed by atoms with E-state index in [-0.39, 0.29) is 0 Å². The lowest BCUT2D eigenvalue weighted by Crippen LogP contribution is -1.93. The van der Waals surface area contributed by atoms with E-state index in [9.17, 15) is 0 Å². The Balaban J connectivity index is 2.04. The zero-order valence-corrected chi connectivity index (χ0v) is 6.34. The SMILES string of the molecule is C1=CC(C2=CCCC2)CC1. The molecule has 0 bridgehead atoms. The lowest BCUT2D eigenvalue weighted by Gasteiger charge is -2.07. The molecule has 2 aliphatic rings. The Hall–Kier alpha value is -0.520. The molecule has 0 aromatic heterocycles. The summed E-state index contributed by atoms with van der Waals surface area (Å²) in [6.45, 7) is 0. The summed E-state index contributed by atoms with van der Waals surface area (Å²) >= 11 is 0. The smallest absolute Gasteiger partial charge is 0.00204 e. The maximum Gasteiger partial charge on any atom is -0.00204 e. The molecule has 54 valence electrons. The summed E-state index contributed by atoms with van der Waals surface area (Å²) in [5.74, 6) is 0.836. The molecule has 0 fully saturated rings. The van der Waals surface area contributed by atoms with Crippen LogP contribution in [0.3, 0.4) is 0 Å². The molecule has 0 heterocycles. The van der Waals surface area contributed by atoms with E-state index in [1.54, 1.807) is 5.57 Å². The molecule has 1 atom stereocenters. The summed E-state index contributed by atoms with van der Waals surface area (Å²) in [6, 6.07) is 0. The topological polar surface area (TPSA) is 0 Å². The third kappa shape index (κ3) is 1.03. The first-order valence-corrected chi connectivity index (χ1v) is 4.32. The van der Waals surface area contributed by atoms with E-state index >= 15 is 0 Å². The normalized spacial score (nSPS) is 31.2. The van der Waals surface area contributed by atoms with Crippen molar-refractivity contribution in [3.63, 3.8) is 0 Å². The van der Waals surface area contributed by atoms with Gasteiger partial charge in [0.2, 0.25) is 0 Å². The van der Waals surface area contributed by atoms with Gasteiger partial charge in [-0.15, -0.1) is 0 Å². The van der Waals surface area contributed by atoms with Crippen LogP contribution in [-0.4, -0.2) is 0 Å². The van der Waals surface area contributed by atoms with Gasteiger partial charge < -0.3 is 0 Å². The van der Waals surface area contributed by atoms with Crippen molar-refractivity contribution in [2.75, 3.05) is 0 Å². The van der Waals surface area contributed by atoms with Crippen LogP contribution >= 0.6 is 0 Å². The highest BCUT2D eigenvalue weighted by molar-refractivity contribution is 5.19. The van der Waals surface area contributed by atoms with Gasteiger partial charge in [0.25, 0.3) is 0 Å². The van der Waals surface area contributed by atoms with Crippen LogP contribution in [-0.2, 0) is 0 Å². The zero-order valence-electron chi connectivity index (χ0n) is 6.34. The Labute approximate surface area is 62.6 Å². The van der Waals surface area contributed by atoms with Crippen molar-refractivity contribution in [1.29, 1.82) is 0 Å². The van der Waals surface area contributed by atoms with Gasteiger partial charge in [0.1, 0.15) is 0 Å². The third-order valence-corrected chi connectivity index (χ3v) is 2.57. The summed E-state index contributed by atoms with van der Waals surface area (Å²) in [4.78, 5) is 0. The lowest BCUT2D eigenvalue weighted by molar-refractivity contribution is 0.699. The molecule has 0 aromatic rings. The largest absolute Gasteiger partial charge is 0.0879 e. The van der Waals surface area contributed by atoms with E-state index in [0.29, 0.717) is 0 Å². The van der Waals surface area contributed by atoms with Crippen molar-refractivity contribution in [3.8, 4) is 0 Å². The Morgan fingerprint density at radius 3 is 2.90 bits per heavy atom. The van der Waals surface area contributed by atoms with Gasteiger partial charge in [-0.3, -0.25) is 0 Å². The van der Waals surface area contributed by atoms with Gasteiger partial charge in [0, 0.05) is 0 Å². The second-order valence-electron chi connectivity index (χ2n) is 3.28. The molecule has 0 amide bonds. The highest BCUT2D eigenvalue weighted by Gasteiger charge is 2.16. The predicted molar refractivity (Wildman–Crippen MR) is 43.8 cm³/mol.